The van der Waals surface area contributed by atoms with Crippen molar-refractivity contribution in [2.24, 2.45) is 0 Å². The summed E-state index contributed by atoms with van der Waals surface area (Å²) in [5.74, 6) is 0.0183. The highest BCUT2D eigenvalue weighted by atomic mass is 16.6. The van der Waals surface area contributed by atoms with E-state index < -0.39 is 11.0 Å². The second-order valence-corrected chi connectivity index (χ2v) is 8.80. The van der Waals surface area contributed by atoms with E-state index in [0.717, 1.165) is 22.4 Å². The minimum Gasteiger partial charge on any atom is -0.444 e. The molecule has 0 unspecified atom stereocenters. The van der Waals surface area contributed by atoms with E-state index in [9.17, 15) is 14.7 Å². The van der Waals surface area contributed by atoms with Crippen LogP contribution >= 0.6 is 0 Å². The van der Waals surface area contributed by atoms with Gasteiger partial charge in [-0.2, -0.15) is 0 Å². The van der Waals surface area contributed by atoms with E-state index in [1.807, 2.05) is 69.3 Å². The Labute approximate surface area is 170 Å². The molecule has 2 aromatic rings. The third-order valence-corrected chi connectivity index (χ3v) is 5.48. The van der Waals surface area contributed by atoms with E-state index in [1.165, 1.54) is 0 Å². The second kappa shape index (κ2) is 6.88. The fraction of sp³-hybridized carbons (Fsp3) is 0.391. The number of benzene rings is 2. The number of rotatable bonds is 3. The number of carbonyl (C=O) groups excluding carboxylic acids is 2. The highest BCUT2D eigenvalue weighted by molar-refractivity contribution is 6.09. The quantitative estimate of drug-likeness (QED) is 0.868. The van der Waals surface area contributed by atoms with Gasteiger partial charge in [-0.05, 0) is 43.5 Å². The molecule has 1 fully saturated rings. The van der Waals surface area contributed by atoms with Gasteiger partial charge in [0.25, 0.3) is 0 Å². The fourth-order valence-electron chi connectivity index (χ4n) is 4.05. The first-order valence-corrected chi connectivity index (χ1v) is 9.82. The third-order valence-electron chi connectivity index (χ3n) is 5.48. The number of anilines is 1. The normalized spacial score (nSPS) is 17.3. The largest absolute Gasteiger partial charge is 0.444 e. The molecule has 1 spiro atoms. The van der Waals surface area contributed by atoms with Crippen LogP contribution in [0.4, 0.5) is 10.5 Å². The maximum atomic E-state index is 13.5. The lowest BCUT2D eigenvalue weighted by atomic mass is 9.75. The summed E-state index contributed by atoms with van der Waals surface area (Å²) in [6, 6.07) is 15.4. The van der Waals surface area contributed by atoms with E-state index in [0.29, 0.717) is 19.6 Å². The first-order chi connectivity index (χ1) is 13.7. The van der Waals surface area contributed by atoms with Crippen molar-refractivity contribution >= 4 is 17.7 Å². The van der Waals surface area contributed by atoms with E-state index in [1.54, 1.807) is 9.80 Å². The Balaban J connectivity index is 1.57. The number of amides is 2. The predicted molar refractivity (Wildman–Crippen MR) is 109 cm³/mol. The minimum absolute atomic E-state index is 0.00459. The molecule has 2 heterocycles. The van der Waals surface area contributed by atoms with Gasteiger partial charge in [0.2, 0.25) is 5.91 Å². The lowest BCUT2D eigenvalue weighted by Gasteiger charge is -2.46. The summed E-state index contributed by atoms with van der Waals surface area (Å²) in [6.45, 7) is 6.61. The summed E-state index contributed by atoms with van der Waals surface area (Å²) in [6.07, 6.45) is -0.383. The number of fused-ring (bicyclic) bond motifs is 2. The van der Waals surface area contributed by atoms with Crippen LogP contribution in [0.3, 0.4) is 0 Å². The Morgan fingerprint density at radius 2 is 1.69 bits per heavy atom. The van der Waals surface area contributed by atoms with Crippen LogP contribution in [-0.2, 0) is 28.1 Å². The van der Waals surface area contributed by atoms with Gasteiger partial charge in [-0.25, -0.2) is 4.79 Å². The molecule has 6 heteroatoms. The molecule has 29 heavy (non-hydrogen) atoms. The zero-order valence-electron chi connectivity index (χ0n) is 17.0. The predicted octanol–water partition coefficient (Wildman–Crippen LogP) is 3.21. The molecular formula is C23H26N2O4. The van der Waals surface area contributed by atoms with E-state index in [-0.39, 0.29) is 18.6 Å². The molecule has 0 atom stereocenters. The van der Waals surface area contributed by atoms with Gasteiger partial charge in [0.05, 0.1) is 13.2 Å². The van der Waals surface area contributed by atoms with Gasteiger partial charge in [-0.15, -0.1) is 0 Å². The zero-order chi connectivity index (χ0) is 20.8. The Morgan fingerprint density at radius 3 is 2.31 bits per heavy atom. The van der Waals surface area contributed by atoms with Crippen LogP contribution in [0.1, 0.15) is 37.5 Å². The van der Waals surface area contributed by atoms with Crippen molar-refractivity contribution < 1.29 is 19.4 Å². The Morgan fingerprint density at radius 1 is 1.07 bits per heavy atom. The van der Waals surface area contributed by atoms with Crippen LogP contribution in [0.2, 0.25) is 0 Å². The topological polar surface area (TPSA) is 70.1 Å². The average Bonchev–Trinajstić information content (AvgIpc) is 2.88. The molecule has 2 amide bonds. The van der Waals surface area contributed by atoms with Crippen LogP contribution in [0.5, 0.6) is 0 Å². The smallest absolute Gasteiger partial charge is 0.410 e. The summed E-state index contributed by atoms with van der Waals surface area (Å²) in [7, 11) is 0. The van der Waals surface area contributed by atoms with Gasteiger partial charge in [0.1, 0.15) is 11.0 Å². The minimum atomic E-state index is -0.696. The maximum absolute atomic E-state index is 13.5. The molecule has 0 aromatic heterocycles. The van der Waals surface area contributed by atoms with E-state index >= 15 is 0 Å². The zero-order valence-corrected chi connectivity index (χ0v) is 17.0. The number of para-hydroxylation sites is 1. The molecule has 2 aliphatic heterocycles. The van der Waals surface area contributed by atoms with Crippen LogP contribution in [0.15, 0.2) is 48.5 Å². The van der Waals surface area contributed by atoms with E-state index in [4.69, 9.17) is 4.74 Å². The van der Waals surface area contributed by atoms with Crippen molar-refractivity contribution in [2.45, 2.75) is 44.9 Å². The molecule has 6 nitrogen and oxygen atoms in total. The molecule has 1 N–H and O–H groups in total. The molecule has 0 aliphatic carbocycles. The highest BCUT2D eigenvalue weighted by Gasteiger charge is 2.59. The van der Waals surface area contributed by atoms with Crippen LogP contribution in [0, 0.1) is 0 Å². The standard InChI is InChI=1S/C23H26N2O4/c1-22(2,3)29-21(28)24-14-23(15-24)18-6-4-5-7-19(18)25(20(23)27)12-16-8-10-17(13-26)11-9-16/h4-11,26H,12-15H2,1-3H3. The Hall–Kier alpha value is -2.86. The van der Waals surface area contributed by atoms with Crippen molar-refractivity contribution in [1.82, 2.24) is 4.90 Å². The number of ether oxygens (including phenoxy) is 1. The second-order valence-electron chi connectivity index (χ2n) is 8.80. The Kier molecular flexibility index (Phi) is 4.62. The molecule has 0 radical (unpaired) electrons. The molecular weight excluding hydrogens is 368 g/mol. The first kappa shape index (κ1) is 19.5. The number of aliphatic hydroxyl groups is 1. The first-order valence-electron chi connectivity index (χ1n) is 9.82. The number of aliphatic hydroxyl groups excluding tert-OH is 1. The lowest BCUT2D eigenvalue weighted by Crippen LogP contribution is -2.65. The van der Waals surface area contributed by atoms with Gasteiger partial charge in [-0.3, -0.25) is 4.79 Å². The van der Waals surface area contributed by atoms with Gasteiger partial charge < -0.3 is 19.6 Å². The summed E-state index contributed by atoms with van der Waals surface area (Å²) in [5.41, 5.74) is 2.43. The number of hydrogen-bond acceptors (Lipinski definition) is 4. The van der Waals surface area contributed by atoms with Crippen molar-refractivity contribution in [3.05, 3.63) is 65.2 Å². The van der Waals surface area contributed by atoms with Crippen molar-refractivity contribution in [3.63, 3.8) is 0 Å². The molecule has 2 aliphatic rings. The lowest BCUT2D eigenvalue weighted by molar-refractivity contribution is -0.129. The molecule has 2 aromatic carbocycles. The van der Waals surface area contributed by atoms with Gasteiger partial charge in [-0.1, -0.05) is 42.5 Å². The molecule has 1 saturated heterocycles. The van der Waals surface area contributed by atoms with Crippen molar-refractivity contribution in [2.75, 3.05) is 18.0 Å². The third kappa shape index (κ3) is 3.38. The summed E-state index contributed by atoms with van der Waals surface area (Å²) < 4.78 is 5.45. The van der Waals surface area contributed by atoms with Crippen molar-refractivity contribution in [1.29, 1.82) is 0 Å². The monoisotopic (exact) mass is 394 g/mol. The maximum Gasteiger partial charge on any atom is 0.410 e. The number of hydrogen-bond donors (Lipinski definition) is 1. The molecule has 0 saturated carbocycles. The van der Waals surface area contributed by atoms with Crippen LogP contribution in [-0.4, -0.2) is 40.7 Å². The van der Waals surface area contributed by atoms with Crippen molar-refractivity contribution in [3.8, 4) is 0 Å². The van der Waals surface area contributed by atoms with Gasteiger partial charge >= 0.3 is 6.09 Å². The van der Waals surface area contributed by atoms with Crippen LogP contribution in [0.25, 0.3) is 0 Å². The summed E-state index contributed by atoms with van der Waals surface area (Å²) in [5, 5.41) is 9.23. The molecule has 4 rings (SSSR count). The van der Waals surface area contributed by atoms with E-state index in [2.05, 4.69) is 0 Å². The fourth-order valence-corrected chi connectivity index (χ4v) is 4.05. The SMILES string of the molecule is CC(C)(C)OC(=O)N1CC2(C1)C(=O)N(Cc1ccc(CO)cc1)c1ccccc12. The van der Waals surface area contributed by atoms with Crippen LogP contribution < -0.4 is 4.90 Å². The van der Waals surface area contributed by atoms with Gasteiger partial charge in [0.15, 0.2) is 0 Å². The molecule has 152 valence electrons. The Bertz CT molecular complexity index is 940. The number of likely N-dealkylation sites (tertiary alicyclic amines) is 1. The highest BCUT2D eigenvalue weighted by Crippen LogP contribution is 2.48. The average molecular weight is 394 g/mol. The molecule has 0 bridgehead atoms. The summed E-state index contributed by atoms with van der Waals surface area (Å²) >= 11 is 0. The van der Waals surface area contributed by atoms with Gasteiger partial charge in [0, 0.05) is 18.8 Å². The number of carbonyl (C=O) groups is 2. The number of nitrogens with zero attached hydrogens (tertiary/aromatic N) is 2. The summed E-state index contributed by atoms with van der Waals surface area (Å²) in [4.78, 5) is 29.2.